The van der Waals surface area contributed by atoms with Crippen LogP contribution in [0.25, 0.3) is 0 Å². The van der Waals surface area contributed by atoms with Gasteiger partial charge in [-0.15, -0.1) is 0 Å². The number of allylic oxidation sites excluding steroid dienone is 2. The highest BCUT2D eigenvalue weighted by molar-refractivity contribution is 6.05. The van der Waals surface area contributed by atoms with Crippen molar-refractivity contribution in [3.8, 4) is 0 Å². The Labute approximate surface area is 143 Å². The fourth-order valence-corrected chi connectivity index (χ4v) is 4.99. The van der Waals surface area contributed by atoms with Crippen molar-refractivity contribution in [3.05, 3.63) is 11.6 Å². The van der Waals surface area contributed by atoms with Crippen molar-refractivity contribution in [2.24, 2.45) is 28.6 Å². The van der Waals surface area contributed by atoms with Gasteiger partial charge in [0.25, 0.3) is 0 Å². The summed E-state index contributed by atoms with van der Waals surface area (Å²) in [6.07, 6.45) is 5.44. The minimum atomic E-state index is -1.07. The molecule has 4 unspecified atom stereocenters. The van der Waals surface area contributed by atoms with E-state index >= 15 is 0 Å². The van der Waals surface area contributed by atoms with Gasteiger partial charge in [-0.05, 0) is 32.1 Å². The number of hydrogen-bond acceptors (Lipinski definition) is 3. The minimum absolute atomic E-state index is 0.00838. The highest BCUT2D eigenvalue weighted by atomic mass is 16.4. The number of hydrogen-bond donors (Lipinski definition) is 1. The third kappa shape index (κ3) is 2.16. The second-order valence-corrected chi connectivity index (χ2v) is 8.48. The molecule has 1 aliphatic heterocycles. The molecule has 0 aromatic rings. The summed E-state index contributed by atoms with van der Waals surface area (Å²) in [5, 5.41) is 9.94. The molecule has 0 aromatic carbocycles. The first-order valence-electron chi connectivity index (χ1n) is 8.88. The maximum absolute atomic E-state index is 12.7. The Bertz CT molecular complexity index is 607. The van der Waals surface area contributed by atoms with Gasteiger partial charge in [-0.2, -0.15) is 0 Å². The van der Waals surface area contributed by atoms with Crippen LogP contribution in [0.3, 0.4) is 0 Å². The second kappa shape index (κ2) is 5.43. The standard InChI is InChI=1S/C19H27NO4/c1-11(2)9-14-18(3,4)19(14,17(23)24)10-20-15(21)12-7-5-6-8-13(12)16(20)22/h9,12-14H,5-8,10H2,1-4H3,(H,23,24). The summed E-state index contributed by atoms with van der Waals surface area (Å²) in [7, 11) is 0. The summed E-state index contributed by atoms with van der Waals surface area (Å²) in [6.45, 7) is 7.74. The van der Waals surface area contributed by atoms with E-state index in [1.165, 1.54) is 4.90 Å². The third-order valence-corrected chi connectivity index (χ3v) is 6.60. The molecule has 4 atom stereocenters. The van der Waals surface area contributed by atoms with Gasteiger partial charge in [-0.3, -0.25) is 19.3 Å². The predicted molar refractivity (Wildman–Crippen MR) is 88.9 cm³/mol. The molecule has 0 radical (unpaired) electrons. The number of aliphatic carboxylic acids is 1. The zero-order chi connectivity index (χ0) is 17.9. The lowest BCUT2D eigenvalue weighted by Gasteiger charge is -2.22. The Morgan fingerprint density at radius 1 is 1.17 bits per heavy atom. The molecular formula is C19H27NO4. The first kappa shape index (κ1) is 17.2. The summed E-state index contributed by atoms with van der Waals surface area (Å²) in [6, 6.07) is 0. The summed E-state index contributed by atoms with van der Waals surface area (Å²) in [5.74, 6) is -1.81. The molecule has 0 spiro atoms. The van der Waals surface area contributed by atoms with Crippen molar-refractivity contribution in [2.45, 2.75) is 53.4 Å². The zero-order valence-corrected chi connectivity index (χ0v) is 15.0. The Morgan fingerprint density at radius 3 is 2.08 bits per heavy atom. The molecule has 5 heteroatoms. The number of carbonyl (C=O) groups excluding carboxylic acids is 2. The normalized spacial score (nSPS) is 37.2. The Balaban J connectivity index is 1.91. The Kier molecular flexibility index (Phi) is 3.89. The number of amides is 2. The van der Waals surface area contributed by atoms with Gasteiger partial charge < -0.3 is 5.11 Å². The highest BCUT2D eigenvalue weighted by Gasteiger charge is 2.76. The molecule has 24 heavy (non-hydrogen) atoms. The van der Waals surface area contributed by atoms with Crippen molar-refractivity contribution in [3.63, 3.8) is 0 Å². The molecule has 1 N–H and O–H groups in total. The lowest BCUT2D eigenvalue weighted by molar-refractivity contribution is -0.149. The van der Waals surface area contributed by atoms with E-state index in [0.717, 1.165) is 31.3 Å². The molecule has 3 fully saturated rings. The van der Waals surface area contributed by atoms with Gasteiger partial charge >= 0.3 is 5.97 Å². The van der Waals surface area contributed by atoms with Crippen LogP contribution in [-0.4, -0.2) is 34.3 Å². The van der Waals surface area contributed by atoms with Gasteiger partial charge in [-0.1, -0.05) is 38.3 Å². The van der Waals surface area contributed by atoms with Crippen LogP contribution in [0.4, 0.5) is 0 Å². The first-order chi connectivity index (χ1) is 11.1. The average Bonchev–Trinajstić information content (AvgIpc) is 2.86. The number of rotatable bonds is 4. The molecule has 2 saturated carbocycles. The summed E-state index contributed by atoms with van der Waals surface area (Å²) < 4.78 is 0. The lowest BCUT2D eigenvalue weighted by atomic mass is 9.81. The molecule has 2 aliphatic carbocycles. The summed E-state index contributed by atoms with van der Waals surface area (Å²) in [5.41, 5.74) is -0.475. The Morgan fingerprint density at radius 2 is 1.67 bits per heavy atom. The largest absolute Gasteiger partial charge is 0.481 e. The molecule has 3 aliphatic rings. The molecule has 5 nitrogen and oxygen atoms in total. The third-order valence-electron chi connectivity index (χ3n) is 6.60. The van der Waals surface area contributed by atoms with E-state index in [-0.39, 0.29) is 36.1 Å². The quantitative estimate of drug-likeness (QED) is 0.634. The van der Waals surface area contributed by atoms with Crippen LogP contribution in [0.5, 0.6) is 0 Å². The second-order valence-electron chi connectivity index (χ2n) is 8.48. The SMILES string of the molecule is CC(C)=CC1C(C)(C)C1(CN1C(=O)C2CCCCC2C1=O)C(=O)O. The van der Waals surface area contributed by atoms with Crippen LogP contribution in [0.15, 0.2) is 11.6 Å². The maximum atomic E-state index is 12.7. The number of carboxylic acids is 1. The smallest absolute Gasteiger partial charge is 0.312 e. The van der Waals surface area contributed by atoms with Gasteiger partial charge in [-0.25, -0.2) is 0 Å². The van der Waals surface area contributed by atoms with Crippen molar-refractivity contribution in [1.82, 2.24) is 4.90 Å². The molecule has 0 aromatic heterocycles. The highest BCUT2D eigenvalue weighted by Crippen LogP contribution is 2.70. The zero-order valence-electron chi connectivity index (χ0n) is 15.0. The van der Waals surface area contributed by atoms with E-state index in [9.17, 15) is 19.5 Å². The van der Waals surface area contributed by atoms with Crippen LogP contribution in [-0.2, 0) is 14.4 Å². The van der Waals surface area contributed by atoms with E-state index in [2.05, 4.69) is 0 Å². The van der Waals surface area contributed by atoms with Gasteiger partial charge in [0.05, 0.1) is 17.3 Å². The van der Waals surface area contributed by atoms with Crippen molar-refractivity contribution in [1.29, 1.82) is 0 Å². The Hall–Kier alpha value is -1.65. The van der Waals surface area contributed by atoms with Crippen LogP contribution in [0.1, 0.15) is 53.4 Å². The van der Waals surface area contributed by atoms with Crippen LogP contribution in [0, 0.1) is 28.6 Å². The van der Waals surface area contributed by atoms with Crippen LogP contribution < -0.4 is 0 Å². The van der Waals surface area contributed by atoms with Crippen LogP contribution in [0.2, 0.25) is 0 Å². The van der Waals surface area contributed by atoms with Crippen molar-refractivity contribution >= 4 is 17.8 Å². The summed E-state index contributed by atoms with van der Waals surface area (Å²) in [4.78, 5) is 38.8. The number of likely N-dealkylation sites (tertiary alicyclic amines) is 1. The van der Waals surface area contributed by atoms with E-state index in [1.54, 1.807) is 0 Å². The topological polar surface area (TPSA) is 74.7 Å². The average molecular weight is 333 g/mol. The van der Waals surface area contributed by atoms with E-state index < -0.39 is 16.8 Å². The number of fused-ring (bicyclic) bond motifs is 1. The number of carboxylic acid groups (broad SMARTS) is 1. The van der Waals surface area contributed by atoms with Gasteiger partial charge in [0.15, 0.2) is 0 Å². The summed E-state index contributed by atoms with van der Waals surface area (Å²) >= 11 is 0. The predicted octanol–water partition coefficient (Wildman–Crippen LogP) is 2.85. The van der Waals surface area contributed by atoms with E-state index in [1.807, 2.05) is 33.8 Å². The maximum Gasteiger partial charge on any atom is 0.312 e. The van der Waals surface area contributed by atoms with Crippen molar-refractivity contribution in [2.75, 3.05) is 6.54 Å². The van der Waals surface area contributed by atoms with Gasteiger partial charge in [0, 0.05) is 12.5 Å². The minimum Gasteiger partial charge on any atom is -0.481 e. The molecule has 0 bridgehead atoms. The molecular weight excluding hydrogens is 306 g/mol. The molecule has 1 saturated heterocycles. The van der Waals surface area contributed by atoms with Crippen molar-refractivity contribution < 1.29 is 19.5 Å². The van der Waals surface area contributed by atoms with Crippen LogP contribution >= 0.6 is 0 Å². The number of carbonyl (C=O) groups is 3. The van der Waals surface area contributed by atoms with Gasteiger partial charge in [0.2, 0.25) is 11.8 Å². The fourth-order valence-electron chi connectivity index (χ4n) is 4.99. The lowest BCUT2D eigenvalue weighted by Crippen LogP contribution is -2.41. The number of nitrogens with zero attached hydrogens (tertiary/aromatic N) is 1. The molecule has 3 rings (SSSR count). The fraction of sp³-hybridized carbons (Fsp3) is 0.737. The van der Waals surface area contributed by atoms with E-state index in [4.69, 9.17) is 0 Å². The molecule has 2 amide bonds. The van der Waals surface area contributed by atoms with Gasteiger partial charge in [0.1, 0.15) is 0 Å². The molecule has 132 valence electrons. The molecule has 1 heterocycles. The monoisotopic (exact) mass is 333 g/mol. The van der Waals surface area contributed by atoms with E-state index in [0.29, 0.717) is 0 Å². The number of imide groups is 1. The first-order valence-corrected chi connectivity index (χ1v) is 8.88.